The summed E-state index contributed by atoms with van der Waals surface area (Å²) in [5, 5.41) is 11.8. The van der Waals surface area contributed by atoms with Gasteiger partial charge in [-0.25, -0.2) is 9.48 Å². The lowest BCUT2D eigenvalue weighted by Crippen LogP contribution is -2.11. The van der Waals surface area contributed by atoms with Crippen LogP contribution in [0.25, 0.3) is 0 Å². The number of hydrogen-bond acceptors (Lipinski definition) is 5. The third-order valence-corrected chi connectivity index (χ3v) is 2.72. The fraction of sp³-hybridized carbons (Fsp3) is 0.455. The van der Waals surface area contributed by atoms with Gasteiger partial charge in [0.2, 0.25) is 0 Å². The molecular formula is C11H15N5O2. The van der Waals surface area contributed by atoms with Gasteiger partial charge in [0, 0.05) is 24.5 Å². The summed E-state index contributed by atoms with van der Waals surface area (Å²) in [4.78, 5) is 11.8. The van der Waals surface area contributed by atoms with Crippen molar-refractivity contribution >= 4 is 5.97 Å². The normalized spacial score (nSPS) is 10.6. The lowest BCUT2D eigenvalue weighted by Gasteiger charge is -2.03. The fourth-order valence-electron chi connectivity index (χ4n) is 1.68. The maximum absolute atomic E-state index is 11.8. The lowest BCUT2D eigenvalue weighted by molar-refractivity contribution is 0.0517. The Bertz CT molecular complexity index is 544. The molecule has 7 heteroatoms. The van der Waals surface area contributed by atoms with E-state index in [1.54, 1.807) is 35.7 Å². The quantitative estimate of drug-likeness (QED) is 0.739. The van der Waals surface area contributed by atoms with E-state index in [4.69, 9.17) is 4.74 Å². The molecule has 0 radical (unpaired) electrons. The molecule has 2 rings (SSSR count). The van der Waals surface area contributed by atoms with Crippen LogP contribution in [0.15, 0.2) is 12.4 Å². The SMILES string of the molecule is CCOC(=O)c1nn(C)c(C)c1Cn1ccnn1. The number of carbonyl (C=O) groups is 1. The van der Waals surface area contributed by atoms with E-state index < -0.39 is 5.97 Å². The first-order valence-corrected chi connectivity index (χ1v) is 5.67. The smallest absolute Gasteiger partial charge is 0.359 e. The van der Waals surface area contributed by atoms with Crippen LogP contribution in [0, 0.1) is 6.92 Å². The maximum atomic E-state index is 11.8. The minimum absolute atomic E-state index is 0.331. The van der Waals surface area contributed by atoms with Crippen LogP contribution in [0.1, 0.15) is 28.7 Å². The highest BCUT2D eigenvalue weighted by molar-refractivity contribution is 5.89. The molecule has 0 N–H and O–H groups in total. The molecule has 0 aliphatic heterocycles. The molecule has 2 heterocycles. The van der Waals surface area contributed by atoms with E-state index in [0.717, 1.165) is 11.3 Å². The summed E-state index contributed by atoms with van der Waals surface area (Å²) in [5.41, 5.74) is 2.06. The molecule has 0 bridgehead atoms. The molecule has 0 amide bonds. The number of ether oxygens (including phenoxy) is 1. The van der Waals surface area contributed by atoms with E-state index in [0.29, 0.717) is 18.8 Å². The monoisotopic (exact) mass is 249 g/mol. The van der Waals surface area contributed by atoms with Gasteiger partial charge in [-0.3, -0.25) is 4.68 Å². The molecule has 2 aromatic heterocycles. The molecule has 0 saturated heterocycles. The van der Waals surface area contributed by atoms with E-state index in [-0.39, 0.29) is 0 Å². The minimum atomic E-state index is -0.406. The first-order chi connectivity index (χ1) is 8.63. The van der Waals surface area contributed by atoms with Crippen molar-refractivity contribution in [3.05, 3.63) is 29.3 Å². The van der Waals surface area contributed by atoms with E-state index in [1.807, 2.05) is 6.92 Å². The fourth-order valence-corrected chi connectivity index (χ4v) is 1.68. The van der Waals surface area contributed by atoms with Crippen LogP contribution >= 0.6 is 0 Å². The van der Waals surface area contributed by atoms with Crippen molar-refractivity contribution in [1.29, 1.82) is 0 Å². The van der Waals surface area contributed by atoms with Crippen LogP contribution < -0.4 is 0 Å². The Labute approximate surface area is 104 Å². The Morgan fingerprint density at radius 1 is 1.50 bits per heavy atom. The minimum Gasteiger partial charge on any atom is -0.461 e. The number of rotatable bonds is 4. The van der Waals surface area contributed by atoms with Gasteiger partial charge in [0.25, 0.3) is 0 Å². The molecule has 2 aromatic rings. The number of aryl methyl sites for hydroxylation is 1. The average molecular weight is 249 g/mol. The second-order valence-corrected chi connectivity index (χ2v) is 3.86. The van der Waals surface area contributed by atoms with Gasteiger partial charge in [0.1, 0.15) is 0 Å². The van der Waals surface area contributed by atoms with Crippen molar-refractivity contribution in [2.45, 2.75) is 20.4 Å². The Balaban J connectivity index is 2.35. The van der Waals surface area contributed by atoms with Crippen molar-refractivity contribution < 1.29 is 9.53 Å². The molecule has 0 unspecified atom stereocenters. The van der Waals surface area contributed by atoms with Crippen molar-refractivity contribution in [2.24, 2.45) is 7.05 Å². The molecule has 0 aromatic carbocycles. The highest BCUT2D eigenvalue weighted by atomic mass is 16.5. The van der Waals surface area contributed by atoms with Crippen molar-refractivity contribution in [3.63, 3.8) is 0 Å². The lowest BCUT2D eigenvalue weighted by atomic mass is 10.2. The van der Waals surface area contributed by atoms with Gasteiger partial charge in [-0.1, -0.05) is 5.21 Å². The summed E-state index contributed by atoms with van der Waals surface area (Å²) in [6, 6.07) is 0. The Morgan fingerprint density at radius 3 is 2.89 bits per heavy atom. The van der Waals surface area contributed by atoms with Crippen LogP contribution in [0.5, 0.6) is 0 Å². The number of aromatic nitrogens is 5. The third-order valence-electron chi connectivity index (χ3n) is 2.72. The molecule has 0 fully saturated rings. The van der Waals surface area contributed by atoms with Crippen molar-refractivity contribution in [2.75, 3.05) is 6.61 Å². The molecular weight excluding hydrogens is 234 g/mol. The van der Waals surface area contributed by atoms with Crippen LogP contribution in [0.4, 0.5) is 0 Å². The van der Waals surface area contributed by atoms with Crippen LogP contribution in [-0.2, 0) is 18.3 Å². The summed E-state index contributed by atoms with van der Waals surface area (Å²) in [7, 11) is 1.79. The van der Waals surface area contributed by atoms with E-state index >= 15 is 0 Å². The zero-order valence-electron chi connectivity index (χ0n) is 10.6. The first-order valence-electron chi connectivity index (χ1n) is 5.67. The van der Waals surface area contributed by atoms with Gasteiger partial charge < -0.3 is 4.74 Å². The molecule has 0 spiro atoms. The number of nitrogens with zero attached hydrogens (tertiary/aromatic N) is 5. The van der Waals surface area contributed by atoms with E-state index in [2.05, 4.69) is 15.4 Å². The average Bonchev–Trinajstić information content (AvgIpc) is 2.93. The van der Waals surface area contributed by atoms with Crippen LogP contribution in [0.3, 0.4) is 0 Å². The zero-order chi connectivity index (χ0) is 13.1. The van der Waals surface area contributed by atoms with Gasteiger partial charge in [-0.2, -0.15) is 5.10 Å². The van der Waals surface area contributed by atoms with Gasteiger partial charge in [-0.15, -0.1) is 5.10 Å². The Kier molecular flexibility index (Phi) is 3.40. The molecule has 96 valence electrons. The summed E-state index contributed by atoms with van der Waals surface area (Å²) >= 11 is 0. The second kappa shape index (κ2) is 4.99. The van der Waals surface area contributed by atoms with Gasteiger partial charge in [0.05, 0.1) is 19.3 Å². The number of esters is 1. The van der Waals surface area contributed by atoms with E-state index in [1.165, 1.54) is 0 Å². The summed E-state index contributed by atoms with van der Waals surface area (Å²) in [6.07, 6.45) is 3.33. The van der Waals surface area contributed by atoms with Crippen LogP contribution in [0.2, 0.25) is 0 Å². The first kappa shape index (κ1) is 12.3. The summed E-state index contributed by atoms with van der Waals surface area (Å²) in [5.74, 6) is -0.406. The third kappa shape index (κ3) is 2.24. The number of carbonyl (C=O) groups excluding carboxylic acids is 1. The predicted octanol–water partition coefficient (Wildman–Crippen LogP) is 0.545. The highest BCUT2D eigenvalue weighted by Crippen LogP contribution is 2.15. The van der Waals surface area contributed by atoms with Crippen molar-refractivity contribution in [1.82, 2.24) is 24.8 Å². The van der Waals surface area contributed by atoms with Gasteiger partial charge in [-0.05, 0) is 13.8 Å². The number of hydrogen-bond donors (Lipinski definition) is 0. The summed E-state index contributed by atoms with van der Waals surface area (Å²) < 4.78 is 8.31. The largest absolute Gasteiger partial charge is 0.461 e. The zero-order valence-corrected chi connectivity index (χ0v) is 10.6. The molecule has 18 heavy (non-hydrogen) atoms. The maximum Gasteiger partial charge on any atom is 0.359 e. The molecule has 0 aliphatic carbocycles. The van der Waals surface area contributed by atoms with E-state index in [9.17, 15) is 4.79 Å². The highest BCUT2D eigenvalue weighted by Gasteiger charge is 2.20. The predicted molar refractivity (Wildman–Crippen MR) is 63.0 cm³/mol. The summed E-state index contributed by atoms with van der Waals surface area (Å²) in [6.45, 7) is 4.46. The van der Waals surface area contributed by atoms with Gasteiger partial charge >= 0.3 is 5.97 Å². The Morgan fingerprint density at radius 2 is 2.28 bits per heavy atom. The van der Waals surface area contributed by atoms with Crippen LogP contribution in [-0.4, -0.2) is 37.4 Å². The second-order valence-electron chi connectivity index (χ2n) is 3.86. The molecule has 0 aliphatic rings. The van der Waals surface area contributed by atoms with Gasteiger partial charge in [0.15, 0.2) is 5.69 Å². The molecule has 7 nitrogen and oxygen atoms in total. The van der Waals surface area contributed by atoms with Crippen molar-refractivity contribution in [3.8, 4) is 0 Å². The molecule has 0 atom stereocenters. The molecule has 0 saturated carbocycles. The standard InChI is InChI=1S/C11H15N5O2/c1-4-18-11(17)10-9(8(2)15(3)13-10)7-16-6-5-12-14-16/h5-6H,4,7H2,1-3H3. The topological polar surface area (TPSA) is 74.8 Å². The Hall–Kier alpha value is -2.18.